The van der Waals surface area contributed by atoms with Crippen molar-refractivity contribution in [2.24, 2.45) is 0 Å². The van der Waals surface area contributed by atoms with Gasteiger partial charge in [0.15, 0.2) is 0 Å². The first-order valence-corrected chi connectivity index (χ1v) is 9.78. The molecule has 0 aromatic heterocycles. The van der Waals surface area contributed by atoms with Crippen LogP contribution in [0.25, 0.3) is 0 Å². The summed E-state index contributed by atoms with van der Waals surface area (Å²) in [6.45, 7) is 4.02. The summed E-state index contributed by atoms with van der Waals surface area (Å²) in [6.07, 6.45) is 0.306. The van der Waals surface area contributed by atoms with E-state index >= 15 is 0 Å². The van der Waals surface area contributed by atoms with E-state index in [9.17, 15) is 18.9 Å². The third kappa shape index (κ3) is 8.91. The first kappa shape index (κ1) is 20.2. The second-order valence-electron chi connectivity index (χ2n) is 5.16. The summed E-state index contributed by atoms with van der Waals surface area (Å²) in [4.78, 5) is 43.4. The molecule has 0 aromatic rings. The summed E-state index contributed by atoms with van der Waals surface area (Å²) in [5, 5.41) is 13.5. The number of carboxylic acid groups (broad SMARTS) is 1. The minimum absolute atomic E-state index is 0.0274. The molecule has 0 rings (SSSR count). The van der Waals surface area contributed by atoms with Crippen LogP contribution in [0.15, 0.2) is 0 Å². The molecule has 10 heteroatoms. The zero-order valence-electron chi connectivity index (χ0n) is 12.3. The third-order valence-corrected chi connectivity index (χ3v) is 4.56. The molecule has 0 spiro atoms. The first-order valence-electron chi connectivity index (χ1n) is 6.28. The average molecular weight is 384 g/mol. The van der Waals surface area contributed by atoms with Crippen molar-refractivity contribution >= 4 is 42.0 Å². The van der Waals surface area contributed by atoms with E-state index in [1.165, 1.54) is 20.5 Å². The number of aliphatic carboxylic acids is 1. The van der Waals surface area contributed by atoms with Gasteiger partial charge < -0.3 is 0 Å². The molecule has 0 bridgehead atoms. The molecular formula is C11H22AsN2O6P. The second-order valence-corrected chi connectivity index (χ2v) is 10.1. The van der Waals surface area contributed by atoms with E-state index in [1.54, 1.807) is 0 Å². The van der Waals surface area contributed by atoms with Gasteiger partial charge in [0, 0.05) is 0 Å². The SMILES string of the molecule is C[C@H](NC(=O)[C@@](C)([AsH2])NC(=O)CCCP(C)(=O)O)C(=O)O. The van der Waals surface area contributed by atoms with Gasteiger partial charge in [-0.15, -0.1) is 0 Å². The van der Waals surface area contributed by atoms with Crippen LogP contribution in [0.2, 0.25) is 0 Å². The van der Waals surface area contributed by atoms with Crippen molar-refractivity contribution in [3.8, 4) is 0 Å². The number of hydrogen-bond donors (Lipinski definition) is 4. The van der Waals surface area contributed by atoms with Crippen LogP contribution in [0.4, 0.5) is 0 Å². The van der Waals surface area contributed by atoms with Gasteiger partial charge in [0.2, 0.25) is 0 Å². The Labute approximate surface area is 132 Å². The van der Waals surface area contributed by atoms with Gasteiger partial charge in [0.05, 0.1) is 0 Å². The van der Waals surface area contributed by atoms with Gasteiger partial charge in [0.1, 0.15) is 0 Å². The summed E-state index contributed by atoms with van der Waals surface area (Å²) >= 11 is 0.928. The van der Waals surface area contributed by atoms with Crippen LogP contribution < -0.4 is 10.6 Å². The van der Waals surface area contributed by atoms with Gasteiger partial charge in [-0.2, -0.15) is 0 Å². The number of carbonyl (C=O) groups is 3. The molecule has 0 saturated heterocycles. The van der Waals surface area contributed by atoms with E-state index < -0.39 is 35.5 Å². The Bertz CT molecular complexity index is 462. The van der Waals surface area contributed by atoms with E-state index in [0.29, 0.717) is 0 Å². The molecule has 0 radical (unpaired) electrons. The van der Waals surface area contributed by atoms with E-state index in [2.05, 4.69) is 10.6 Å². The summed E-state index contributed by atoms with van der Waals surface area (Å²) in [7, 11) is -3.14. The molecule has 0 fully saturated rings. The number of carboxylic acids is 1. The van der Waals surface area contributed by atoms with Crippen molar-refractivity contribution in [2.45, 2.75) is 37.1 Å². The fourth-order valence-electron chi connectivity index (χ4n) is 1.35. The topological polar surface area (TPSA) is 133 Å². The van der Waals surface area contributed by atoms with Crippen molar-refractivity contribution in [2.75, 3.05) is 12.8 Å². The van der Waals surface area contributed by atoms with Gasteiger partial charge >= 0.3 is 131 Å². The monoisotopic (exact) mass is 384 g/mol. The predicted octanol–water partition coefficient (Wildman–Crippen LogP) is -1.28. The van der Waals surface area contributed by atoms with Gasteiger partial charge in [-0.3, -0.25) is 0 Å². The van der Waals surface area contributed by atoms with Crippen LogP contribution in [0.3, 0.4) is 0 Å². The fraction of sp³-hybridized carbons (Fsp3) is 0.727. The number of hydrogen-bond acceptors (Lipinski definition) is 4. The van der Waals surface area contributed by atoms with Crippen LogP contribution in [-0.4, -0.2) is 67.8 Å². The summed E-state index contributed by atoms with van der Waals surface area (Å²) in [5.41, 5.74) is 0. The normalized spacial score (nSPS) is 18.0. The zero-order valence-corrected chi connectivity index (χ0v) is 15.6. The van der Waals surface area contributed by atoms with Crippen molar-refractivity contribution in [3.05, 3.63) is 0 Å². The predicted molar refractivity (Wildman–Crippen MR) is 80.2 cm³/mol. The van der Waals surface area contributed by atoms with E-state index in [1.807, 2.05) is 0 Å². The Hall–Kier alpha value is -0.842. The standard InChI is InChI=1S/C11H22AsN2O6P/c1-7(9(16)17)13-10(18)11(2,12)14-8(15)5-4-6-21(3,19)20/h7H,4-6,12H2,1-3H3,(H,13,18)(H,14,15)(H,16,17)(H,19,20)/t7-,11-/m0/s1. The van der Waals surface area contributed by atoms with Crippen LogP contribution in [0.5, 0.6) is 0 Å². The molecule has 0 saturated carbocycles. The Morgan fingerprint density at radius 1 is 1.38 bits per heavy atom. The first-order chi connectivity index (χ1) is 9.35. The summed E-state index contributed by atoms with van der Waals surface area (Å²) in [6, 6.07) is -1.05. The zero-order chi connectivity index (χ0) is 16.8. The van der Waals surface area contributed by atoms with Gasteiger partial charge in [-0.1, -0.05) is 0 Å². The van der Waals surface area contributed by atoms with Crippen LogP contribution in [-0.2, 0) is 18.9 Å². The Kier molecular flexibility index (Phi) is 7.65. The summed E-state index contributed by atoms with van der Waals surface area (Å²) in [5.74, 6) is -2.18. The Morgan fingerprint density at radius 3 is 2.33 bits per heavy atom. The van der Waals surface area contributed by atoms with E-state index in [4.69, 9.17) is 10.00 Å². The molecule has 2 amide bonds. The molecule has 2 unspecified atom stereocenters. The van der Waals surface area contributed by atoms with Crippen LogP contribution in [0, 0.1) is 0 Å². The number of rotatable bonds is 8. The molecule has 0 aliphatic rings. The third-order valence-electron chi connectivity index (χ3n) is 2.57. The molecule has 122 valence electrons. The number of carbonyl (C=O) groups excluding carboxylic acids is 2. The minimum atomic E-state index is -3.14. The number of amides is 2. The molecule has 21 heavy (non-hydrogen) atoms. The van der Waals surface area contributed by atoms with Crippen molar-refractivity contribution in [1.29, 1.82) is 0 Å². The molecule has 0 aliphatic carbocycles. The quantitative estimate of drug-likeness (QED) is 0.305. The molecule has 4 N–H and O–H groups in total. The maximum atomic E-state index is 11.9. The fourth-order valence-corrected chi connectivity index (χ4v) is 2.61. The maximum absolute atomic E-state index is 11.9. The number of nitrogens with one attached hydrogen (secondary N) is 2. The van der Waals surface area contributed by atoms with Gasteiger partial charge in [0.25, 0.3) is 0 Å². The van der Waals surface area contributed by atoms with Gasteiger partial charge in [-0.05, 0) is 0 Å². The molecule has 0 aromatic carbocycles. The van der Waals surface area contributed by atoms with Crippen molar-refractivity contribution < 1.29 is 28.9 Å². The Balaban J connectivity index is 4.39. The molecular weight excluding hydrogens is 362 g/mol. The molecule has 0 heterocycles. The van der Waals surface area contributed by atoms with Crippen molar-refractivity contribution in [3.63, 3.8) is 0 Å². The van der Waals surface area contributed by atoms with E-state index in [0.717, 1.165) is 16.9 Å². The van der Waals surface area contributed by atoms with Crippen LogP contribution in [0.1, 0.15) is 26.7 Å². The summed E-state index contributed by atoms with van der Waals surface area (Å²) < 4.78 is 9.88. The van der Waals surface area contributed by atoms with Crippen LogP contribution >= 0.6 is 7.37 Å². The molecule has 0 aliphatic heterocycles. The average Bonchev–Trinajstić information content (AvgIpc) is 2.25. The van der Waals surface area contributed by atoms with Crippen molar-refractivity contribution in [1.82, 2.24) is 10.6 Å². The molecule has 8 nitrogen and oxygen atoms in total. The Morgan fingerprint density at radius 2 is 1.90 bits per heavy atom. The second kappa shape index (κ2) is 7.97. The van der Waals surface area contributed by atoms with Gasteiger partial charge in [-0.25, -0.2) is 0 Å². The van der Waals surface area contributed by atoms with E-state index in [-0.39, 0.29) is 19.0 Å². The molecule has 4 atom stereocenters.